The predicted octanol–water partition coefficient (Wildman–Crippen LogP) is 3.25. The van der Waals surface area contributed by atoms with Crippen molar-refractivity contribution in [3.8, 4) is 5.75 Å². The Bertz CT molecular complexity index is 490. The van der Waals surface area contributed by atoms with Gasteiger partial charge in [-0.15, -0.1) is 0 Å². The number of hydrogen-bond acceptors (Lipinski definition) is 3. The number of aryl methyl sites for hydroxylation is 2. The first kappa shape index (κ1) is 15.8. The number of ether oxygens (including phenoxy) is 1. The molecular weight excluding hydrogens is 266 g/mol. The van der Waals surface area contributed by atoms with Gasteiger partial charge in [-0.3, -0.25) is 0 Å². The lowest BCUT2D eigenvalue weighted by molar-refractivity contribution is 0.0696. The fourth-order valence-electron chi connectivity index (χ4n) is 3.11. The average molecular weight is 291 g/mol. The number of carboxylic acids is 1. The summed E-state index contributed by atoms with van der Waals surface area (Å²) in [6.45, 7) is 5.67. The average Bonchev–Trinajstić information content (AvgIpc) is 2.43. The summed E-state index contributed by atoms with van der Waals surface area (Å²) >= 11 is 0. The number of likely N-dealkylation sites (tertiary alicyclic amines) is 1. The van der Waals surface area contributed by atoms with E-state index in [1.807, 2.05) is 13.8 Å². The van der Waals surface area contributed by atoms with Gasteiger partial charge in [-0.2, -0.15) is 0 Å². The van der Waals surface area contributed by atoms with Gasteiger partial charge >= 0.3 is 5.97 Å². The van der Waals surface area contributed by atoms with E-state index in [-0.39, 0.29) is 0 Å². The summed E-state index contributed by atoms with van der Waals surface area (Å²) < 4.78 is 5.93. The van der Waals surface area contributed by atoms with Crippen LogP contribution < -0.4 is 4.74 Å². The van der Waals surface area contributed by atoms with Crippen molar-refractivity contribution in [3.63, 3.8) is 0 Å². The molecule has 1 unspecified atom stereocenters. The molecule has 1 N–H and O–H groups in total. The molecule has 0 amide bonds. The van der Waals surface area contributed by atoms with Gasteiger partial charge in [0.2, 0.25) is 0 Å². The third kappa shape index (κ3) is 3.97. The standard InChI is InChI=1S/C17H25NO3/c1-12-10-14(17(19)20)11-13(2)16(12)21-9-7-15-6-4-5-8-18(15)3/h10-11,15H,4-9H2,1-3H3,(H,19,20). The molecule has 2 rings (SSSR count). The fraction of sp³-hybridized carbons (Fsp3) is 0.588. The molecule has 1 fully saturated rings. The van der Waals surface area contributed by atoms with Crippen LogP contribution in [0.3, 0.4) is 0 Å². The van der Waals surface area contributed by atoms with Gasteiger partial charge in [0.05, 0.1) is 12.2 Å². The van der Waals surface area contributed by atoms with Crippen LogP contribution in [0.15, 0.2) is 12.1 Å². The van der Waals surface area contributed by atoms with E-state index in [9.17, 15) is 4.79 Å². The van der Waals surface area contributed by atoms with E-state index < -0.39 is 5.97 Å². The molecule has 1 atom stereocenters. The van der Waals surface area contributed by atoms with Crippen molar-refractivity contribution in [2.24, 2.45) is 0 Å². The number of carboxylic acid groups (broad SMARTS) is 1. The van der Waals surface area contributed by atoms with E-state index in [1.54, 1.807) is 12.1 Å². The van der Waals surface area contributed by atoms with Crippen LogP contribution >= 0.6 is 0 Å². The first-order valence-corrected chi connectivity index (χ1v) is 7.66. The van der Waals surface area contributed by atoms with E-state index in [1.165, 1.54) is 25.8 Å². The number of piperidine rings is 1. The second-order valence-corrected chi connectivity index (χ2v) is 6.01. The van der Waals surface area contributed by atoms with Crippen LogP contribution in [0.4, 0.5) is 0 Å². The van der Waals surface area contributed by atoms with Gasteiger partial charge in [-0.1, -0.05) is 6.42 Å². The van der Waals surface area contributed by atoms with E-state index in [0.29, 0.717) is 18.2 Å². The van der Waals surface area contributed by atoms with Crippen LogP contribution in [0.2, 0.25) is 0 Å². The molecule has 0 radical (unpaired) electrons. The highest BCUT2D eigenvalue weighted by Crippen LogP contribution is 2.26. The summed E-state index contributed by atoms with van der Waals surface area (Å²) in [4.78, 5) is 13.4. The molecule has 116 valence electrons. The zero-order valence-corrected chi connectivity index (χ0v) is 13.2. The van der Waals surface area contributed by atoms with Crippen LogP contribution in [0.1, 0.15) is 47.2 Å². The quantitative estimate of drug-likeness (QED) is 0.904. The van der Waals surface area contributed by atoms with Crippen molar-refractivity contribution < 1.29 is 14.6 Å². The zero-order chi connectivity index (χ0) is 15.4. The van der Waals surface area contributed by atoms with E-state index in [4.69, 9.17) is 9.84 Å². The van der Waals surface area contributed by atoms with Crippen LogP contribution in [0.5, 0.6) is 5.75 Å². The van der Waals surface area contributed by atoms with E-state index in [2.05, 4.69) is 11.9 Å². The minimum absolute atomic E-state index is 0.323. The molecule has 0 aromatic heterocycles. The van der Waals surface area contributed by atoms with Gasteiger partial charge in [-0.05, 0) is 70.0 Å². The lowest BCUT2D eigenvalue weighted by Crippen LogP contribution is -2.37. The van der Waals surface area contributed by atoms with Gasteiger partial charge < -0.3 is 14.7 Å². The lowest BCUT2D eigenvalue weighted by atomic mass is 10.0. The van der Waals surface area contributed by atoms with Gasteiger partial charge in [0.15, 0.2) is 0 Å². The molecule has 1 aliphatic rings. The smallest absolute Gasteiger partial charge is 0.335 e. The molecule has 0 saturated carbocycles. The Morgan fingerprint density at radius 1 is 1.33 bits per heavy atom. The number of nitrogens with zero attached hydrogens (tertiary/aromatic N) is 1. The summed E-state index contributed by atoms with van der Waals surface area (Å²) in [5.74, 6) is -0.0601. The molecule has 1 aromatic carbocycles. The zero-order valence-electron chi connectivity index (χ0n) is 13.2. The highest BCUT2D eigenvalue weighted by molar-refractivity contribution is 5.88. The maximum atomic E-state index is 11.0. The second kappa shape index (κ2) is 6.94. The Labute approximate surface area is 126 Å². The maximum absolute atomic E-state index is 11.0. The van der Waals surface area contributed by atoms with Gasteiger partial charge in [0.25, 0.3) is 0 Å². The summed E-state index contributed by atoms with van der Waals surface area (Å²) in [7, 11) is 2.18. The number of aromatic carboxylic acids is 1. The van der Waals surface area contributed by atoms with Crippen LogP contribution in [-0.2, 0) is 0 Å². The summed E-state index contributed by atoms with van der Waals surface area (Å²) in [5, 5.41) is 9.05. The summed E-state index contributed by atoms with van der Waals surface area (Å²) in [6.07, 6.45) is 4.87. The Morgan fingerprint density at radius 2 is 2.00 bits per heavy atom. The highest BCUT2D eigenvalue weighted by atomic mass is 16.5. The molecule has 1 aromatic rings. The minimum atomic E-state index is -0.892. The van der Waals surface area contributed by atoms with Crippen molar-refractivity contribution in [2.75, 3.05) is 20.2 Å². The monoisotopic (exact) mass is 291 g/mol. The highest BCUT2D eigenvalue weighted by Gasteiger charge is 2.19. The predicted molar refractivity (Wildman–Crippen MR) is 83.3 cm³/mol. The SMILES string of the molecule is Cc1cc(C(=O)O)cc(C)c1OCCC1CCCCN1C. The molecular formula is C17H25NO3. The largest absolute Gasteiger partial charge is 0.493 e. The Kier molecular flexibility index (Phi) is 5.23. The third-order valence-corrected chi connectivity index (χ3v) is 4.33. The molecule has 21 heavy (non-hydrogen) atoms. The molecule has 0 bridgehead atoms. The number of benzene rings is 1. The normalized spacial score (nSPS) is 19.5. The first-order valence-electron chi connectivity index (χ1n) is 7.66. The second-order valence-electron chi connectivity index (χ2n) is 6.01. The Balaban J connectivity index is 1.95. The third-order valence-electron chi connectivity index (χ3n) is 4.33. The van der Waals surface area contributed by atoms with Crippen molar-refractivity contribution in [1.82, 2.24) is 4.90 Å². The van der Waals surface area contributed by atoms with Gasteiger partial charge in [0.1, 0.15) is 5.75 Å². The molecule has 1 saturated heterocycles. The summed E-state index contributed by atoms with van der Waals surface area (Å²) in [5.41, 5.74) is 2.11. The molecule has 4 heteroatoms. The first-order chi connectivity index (χ1) is 9.99. The van der Waals surface area contributed by atoms with E-state index in [0.717, 1.165) is 23.3 Å². The van der Waals surface area contributed by atoms with Gasteiger partial charge in [-0.25, -0.2) is 4.79 Å². The van der Waals surface area contributed by atoms with Crippen LogP contribution in [0.25, 0.3) is 0 Å². The van der Waals surface area contributed by atoms with Crippen LogP contribution in [-0.4, -0.2) is 42.2 Å². The molecule has 1 heterocycles. The summed E-state index contributed by atoms with van der Waals surface area (Å²) in [6, 6.07) is 3.96. The fourth-order valence-corrected chi connectivity index (χ4v) is 3.11. The van der Waals surface area contributed by atoms with Crippen molar-refractivity contribution in [2.45, 2.75) is 45.6 Å². The molecule has 0 spiro atoms. The Morgan fingerprint density at radius 3 is 2.57 bits per heavy atom. The minimum Gasteiger partial charge on any atom is -0.493 e. The lowest BCUT2D eigenvalue weighted by Gasteiger charge is -2.32. The van der Waals surface area contributed by atoms with Crippen molar-refractivity contribution in [1.29, 1.82) is 0 Å². The van der Waals surface area contributed by atoms with Crippen molar-refractivity contribution in [3.05, 3.63) is 28.8 Å². The maximum Gasteiger partial charge on any atom is 0.335 e. The molecule has 1 aliphatic heterocycles. The number of carbonyl (C=O) groups is 1. The number of hydrogen-bond donors (Lipinski definition) is 1. The molecule has 4 nitrogen and oxygen atoms in total. The van der Waals surface area contributed by atoms with Gasteiger partial charge in [0, 0.05) is 6.04 Å². The number of rotatable bonds is 5. The van der Waals surface area contributed by atoms with E-state index >= 15 is 0 Å². The van der Waals surface area contributed by atoms with Crippen LogP contribution in [0, 0.1) is 13.8 Å². The molecule has 0 aliphatic carbocycles. The Hall–Kier alpha value is -1.55. The van der Waals surface area contributed by atoms with Crippen molar-refractivity contribution >= 4 is 5.97 Å². The topological polar surface area (TPSA) is 49.8 Å².